The van der Waals surface area contributed by atoms with Crippen LogP contribution < -0.4 is 0 Å². The lowest BCUT2D eigenvalue weighted by molar-refractivity contribution is -0.186. The molecule has 0 saturated carbocycles. The summed E-state index contributed by atoms with van der Waals surface area (Å²) in [5, 5.41) is 8.97. The van der Waals surface area contributed by atoms with E-state index >= 15 is 0 Å². The van der Waals surface area contributed by atoms with Crippen molar-refractivity contribution in [3.8, 4) is 0 Å². The van der Waals surface area contributed by atoms with E-state index in [-0.39, 0.29) is 19.4 Å². The molecule has 2 aliphatic heterocycles. The minimum atomic E-state index is -4.98. The molecule has 2 saturated heterocycles. The lowest BCUT2D eigenvalue weighted by Gasteiger charge is -2.27. The standard InChI is InChI=1S/C9H10F3NO4/c10-9(11,12)6(14)13-4-8(7(15)16)3-5(13)1-2-17-8/h5H,1-4H2,(H,15,16). The van der Waals surface area contributed by atoms with E-state index < -0.39 is 36.2 Å². The van der Waals surface area contributed by atoms with Gasteiger partial charge >= 0.3 is 18.1 Å². The fourth-order valence-corrected chi connectivity index (χ4v) is 2.33. The van der Waals surface area contributed by atoms with E-state index in [0.29, 0.717) is 4.90 Å². The van der Waals surface area contributed by atoms with Crippen LogP contribution in [0.5, 0.6) is 0 Å². The first-order valence-electron chi connectivity index (χ1n) is 5.01. The summed E-state index contributed by atoms with van der Waals surface area (Å²) in [5.74, 6) is -3.31. The predicted molar refractivity (Wildman–Crippen MR) is 47.1 cm³/mol. The minimum Gasteiger partial charge on any atom is -0.479 e. The largest absolute Gasteiger partial charge is 0.479 e. The number of hydrogen-bond donors (Lipinski definition) is 1. The fraction of sp³-hybridized carbons (Fsp3) is 0.778. The lowest BCUT2D eigenvalue weighted by Crippen LogP contribution is -2.46. The molecule has 0 aliphatic carbocycles. The monoisotopic (exact) mass is 253 g/mol. The Kier molecular flexibility index (Phi) is 2.57. The first kappa shape index (κ1) is 12.2. The van der Waals surface area contributed by atoms with Gasteiger partial charge in [0.1, 0.15) is 0 Å². The van der Waals surface area contributed by atoms with Gasteiger partial charge in [0.25, 0.3) is 0 Å². The molecule has 0 aromatic heterocycles. The smallest absolute Gasteiger partial charge is 0.471 e. The molecule has 8 heteroatoms. The maximum Gasteiger partial charge on any atom is 0.471 e. The summed E-state index contributed by atoms with van der Waals surface area (Å²) >= 11 is 0. The van der Waals surface area contributed by atoms with Gasteiger partial charge in [-0.2, -0.15) is 13.2 Å². The van der Waals surface area contributed by atoms with Gasteiger partial charge in [-0.3, -0.25) is 4.79 Å². The van der Waals surface area contributed by atoms with Gasteiger partial charge < -0.3 is 14.7 Å². The van der Waals surface area contributed by atoms with Crippen molar-refractivity contribution in [2.75, 3.05) is 13.2 Å². The molecule has 96 valence electrons. The Hall–Kier alpha value is -1.31. The van der Waals surface area contributed by atoms with Crippen molar-refractivity contribution < 1.29 is 32.6 Å². The van der Waals surface area contributed by atoms with Crippen LogP contribution >= 0.6 is 0 Å². The molecule has 0 aromatic rings. The third-order valence-electron chi connectivity index (χ3n) is 3.15. The van der Waals surface area contributed by atoms with Gasteiger partial charge in [0.15, 0.2) is 5.60 Å². The Labute approximate surface area is 94.1 Å². The molecule has 2 aliphatic rings. The summed E-state index contributed by atoms with van der Waals surface area (Å²) in [6.07, 6.45) is -4.82. The zero-order chi connectivity index (χ0) is 12.8. The van der Waals surface area contributed by atoms with E-state index in [1.165, 1.54) is 0 Å². The molecule has 2 heterocycles. The molecule has 0 spiro atoms. The van der Waals surface area contributed by atoms with Crippen LogP contribution in [0.3, 0.4) is 0 Å². The SMILES string of the molecule is O=C(N1CC2(C(=O)O)CC1CCO2)C(F)(F)F. The molecule has 2 bridgehead atoms. The number of aliphatic carboxylic acids is 1. The highest BCUT2D eigenvalue weighted by Gasteiger charge is 2.58. The third kappa shape index (κ3) is 1.86. The Balaban J connectivity index is 2.23. The normalized spacial score (nSPS) is 32.6. The summed E-state index contributed by atoms with van der Waals surface area (Å²) in [4.78, 5) is 22.7. The number of carboxylic acids is 1. The Morgan fingerprint density at radius 1 is 1.41 bits per heavy atom. The molecule has 2 rings (SSSR count). The zero-order valence-electron chi connectivity index (χ0n) is 8.66. The van der Waals surface area contributed by atoms with E-state index in [2.05, 4.69) is 0 Å². The van der Waals surface area contributed by atoms with Crippen LogP contribution in [0.15, 0.2) is 0 Å². The van der Waals surface area contributed by atoms with Crippen molar-refractivity contribution in [1.82, 2.24) is 4.90 Å². The van der Waals surface area contributed by atoms with Crippen molar-refractivity contribution in [1.29, 1.82) is 0 Å². The fourth-order valence-electron chi connectivity index (χ4n) is 2.33. The van der Waals surface area contributed by atoms with E-state index in [1.807, 2.05) is 0 Å². The van der Waals surface area contributed by atoms with Crippen molar-refractivity contribution in [2.45, 2.75) is 30.7 Å². The predicted octanol–water partition coefficient (Wildman–Crippen LogP) is 0.393. The highest BCUT2D eigenvalue weighted by atomic mass is 19.4. The number of alkyl halides is 3. The topological polar surface area (TPSA) is 66.8 Å². The maximum atomic E-state index is 12.3. The number of carbonyl (C=O) groups excluding carboxylic acids is 1. The third-order valence-corrected chi connectivity index (χ3v) is 3.15. The molecular formula is C9H10F3NO4. The summed E-state index contributed by atoms with van der Waals surface area (Å²) in [7, 11) is 0. The molecule has 5 nitrogen and oxygen atoms in total. The average Bonchev–Trinajstić information content (AvgIpc) is 2.49. The molecular weight excluding hydrogens is 243 g/mol. The Morgan fingerprint density at radius 2 is 2.06 bits per heavy atom. The summed E-state index contributed by atoms with van der Waals surface area (Å²) in [5.41, 5.74) is -1.66. The second-order valence-electron chi connectivity index (χ2n) is 4.23. The van der Waals surface area contributed by atoms with Gasteiger partial charge in [0.05, 0.1) is 13.2 Å². The molecule has 0 radical (unpaired) electrons. The van der Waals surface area contributed by atoms with E-state index in [1.54, 1.807) is 0 Å². The van der Waals surface area contributed by atoms with Gasteiger partial charge in [0.2, 0.25) is 0 Å². The van der Waals surface area contributed by atoms with E-state index in [4.69, 9.17) is 9.84 Å². The Bertz CT molecular complexity index is 370. The second kappa shape index (κ2) is 3.59. The van der Waals surface area contributed by atoms with Crippen LogP contribution in [0.25, 0.3) is 0 Å². The highest BCUT2D eigenvalue weighted by molar-refractivity contribution is 5.86. The number of carbonyl (C=O) groups is 2. The average molecular weight is 253 g/mol. The van der Waals surface area contributed by atoms with Crippen LogP contribution in [0.1, 0.15) is 12.8 Å². The number of carboxylic acid groups (broad SMARTS) is 1. The van der Waals surface area contributed by atoms with Crippen molar-refractivity contribution >= 4 is 11.9 Å². The first-order valence-corrected chi connectivity index (χ1v) is 5.01. The number of halogens is 3. The van der Waals surface area contributed by atoms with Crippen LogP contribution in [0.4, 0.5) is 13.2 Å². The number of ether oxygens (including phenoxy) is 1. The van der Waals surface area contributed by atoms with Gasteiger partial charge in [-0.25, -0.2) is 4.79 Å². The number of nitrogens with zero attached hydrogens (tertiary/aromatic N) is 1. The van der Waals surface area contributed by atoms with Crippen LogP contribution in [-0.4, -0.2) is 52.9 Å². The molecule has 1 N–H and O–H groups in total. The quantitative estimate of drug-likeness (QED) is 0.734. The minimum absolute atomic E-state index is 0.0542. The molecule has 2 fully saturated rings. The van der Waals surface area contributed by atoms with Gasteiger partial charge in [-0.15, -0.1) is 0 Å². The summed E-state index contributed by atoms with van der Waals surface area (Å²) in [6, 6.07) is -0.700. The molecule has 2 unspecified atom stereocenters. The summed E-state index contributed by atoms with van der Waals surface area (Å²) < 4.78 is 42.0. The highest BCUT2D eigenvalue weighted by Crippen LogP contribution is 2.38. The molecule has 0 aromatic carbocycles. The maximum absolute atomic E-state index is 12.3. The van der Waals surface area contributed by atoms with Crippen LogP contribution in [0, 0.1) is 0 Å². The van der Waals surface area contributed by atoms with E-state index in [9.17, 15) is 22.8 Å². The number of hydrogen-bond acceptors (Lipinski definition) is 3. The second-order valence-corrected chi connectivity index (χ2v) is 4.23. The van der Waals surface area contributed by atoms with Crippen molar-refractivity contribution in [3.05, 3.63) is 0 Å². The number of rotatable bonds is 1. The van der Waals surface area contributed by atoms with Crippen molar-refractivity contribution in [2.24, 2.45) is 0 Å². The van der Waals surface area contributed by atoms with Crippen LogP contribution in [0.2, 0.25) is 0 Å². The zero-order valence-corrected chi connectivity index (χ0v) is 8.66. The van der Waals surface area contributed by atoms with Crippen molar-refractivity contribution in [3.63, 3.8) is 0 Å². The molecule has 2 atom stereocenters. The lowest BCUT2D eigenvalue weighted by atomic mass is 9.96. The van der Waals surface area contributed by atoms with Gasteiger partial charge in [0, 0.05) is 12.5 Å². The number of likely N-dealkylation sites (tertiary alicyclic amines) is 1. The van der Waals surface area contributed by atoms with E-state index in [0.717, 1.165) is 0 Å². The van der Waals surface area contributed by atoms with Gasteiger partial charge in [-0.1, -0.05) is 0 Å². The van der Waals surface area contributed by atoms with Gasteiger partial charge in [-0.05, 0) is 6.42 Å². The number of fused-ring (bicyclic) bond motifs is 2. The van der Waals surface area contributed by atoms with Crippen LogP contribution in [-0.2, 0) is 14.3 Å². The molecule has 1 amide bonds. The molecule has 17 heavy (non-hydrogen) atoms. The number of amides is 1. The first-order chi connectivity index (χ1) is 7.76. The summed E-state index contributed by atoms with van der Waals surface area (Å²) in [6.45, 7) is -0.482. The Morgan fingerprint density at radius 3 is 2.53 bits per heavy atom.